The Morgan fingerprint density at radius 3 is 2.45 bits per heavy atom. The van der Waals surface area contributed by atoms with Crippen molar-refractivity contribution in [2.45, 2.75) is 0 Å². The Kier molecular flexibility index (Phi) is 4.32. The van der Waals surface area contributed by atoms with Crippen molar-refractivity contribution in [2.75, 3.05) is 0 Å². The summed E-state index contributed by atoms with van der Waals surface area (Å²) in [4.78, 5) is 37.1. The van der Waals surface area contributed by atoms with Crippen LogP contribution in [0.1, 0.15) is 11.1 Å². The number of carbonyl (C=O) groups excluding carboxylic acids is 1. The van der Waals surface area contributed by atoms with E-state index in [2.05, 4.69) is 4.99 Å². The molecule has 29 heavy (non-hydrogen) atoms. The molecule has 4 rings (SSSR count). The normalized spacial score (nSPS) is 14.7. The maximum atomic E-state index is 12.3. The highest BCUT2D eigenvalue weighted by Crippen LogP contribution is 2.29. The molecule has 1 aliphatic heterocycles. The number of nitro groups is 2. The molecule has 1 heterocycles. The molecule has 0 saturated carbocycles. The molecule has 0 atom stereocenters. The van der Waals surface area contributed by atoms with E-state index in [1.165, 1.54) is 12.1 Å². The number of hydrogen-bond acceptors (Lipinski definition) is 7. The van der Waals surface area contributed by atoms with E-state index >= 15 is 0 Å². The summed E-state index contributed by atoms with van der Waals surface area (Å²) in [5.41, 5.74) is -0.445. The van der Waals surface area contributed by atoms with Gasteiger partial charge < -0.3 is 4.74 Å². The maximum absolute atomic E-state index is 12.3. The Balaban J connectivity index is 1.79. The molecule has 142 valence electrons. The number of benzene rings is 3. The molecule has 0 unspecified atom stereocenters. The Labute approximate surface area is 162 Å². The van der Waals surface area contributed by atoms with Crippen LogP contribution in [0.4, 0.5) is 11.4 Å². The van der Waals surface area contributed by atoms with Crippen molar-refractivity contribution in [3.05, 3.63) is 97.7 Å². The zero-order valence-electron chi connectivity index (χ0n) is 14.6. The molecule has 0 spiro atoms. The topological polar surface area (TPSA) is 125 Å². The minimum Gasteiger partial charge on any atom is -0.402 e. The van der Waals surface area contributed by atoms with Gasteiger partial charge in [0.15, 0.2) is 5.70 Å². The van der Waals surface area contributed by atoms with Gasteiger partial charge in [0.05, 0.1) is 21.5 Å². The van der Waals surface area contributed by atoms with E-state index in [9.17, 15) is 25.0 Å². The Morgan fingerprint density at radius 1 is 0.931 bits per heavy atom. The van der Waals surface area contributed by atoms with Crippen molar-refractivity contribution in [2.24, 2.45) is 4.99 Å². The summed E-state index contributed by atoms with van der Waals surface area (Å²) in [6, 6.07) is 16.1. The van der Waals surface area contributed by atoms with E-state index < -0.39 is 27.2 Å². The molecule has 0 aliphatic carbocycles. The smallest absolute Gasteiger partial charge is 0.363 e. The third-order valence-corrected chi connectivity index (χ3v) is 4.35. The molecule has 0 fully saturated rings. The molecule has 9 heteroatoms. The molecule has 9 nitrogen and oxygen atoms in total. The number of nitro benzene ring substituents is 2. The Hall–Kier alpha value is -4.40. The number of cyclic esters (lactones) is 1. The van der Waals surface area contributed by atoms with Gasteiger partial charge in [-0.3, -0.25) is 20.2 Å². The average Bonchev–Trinajstić information content (AvgIpc) is 3.07. The van der Waals surface area contributed by atoms with Crippen LogP contribution in [-0.4, -0.2) is 21.7 Å². The number of fused-ring (bicyclic) bond motifs is 1. The average molecular weight is 389 g/mol. The van der Waals surface area contributed by atoms with Crippen molar-refractivity contribution >= 4 is 40.1 Å². The van der Waals surface area contributed by atoms with Gasteiger partial charge in [0.2, 0.25) is 5.90 Å². The predicted molar refractivity (Wildman–Crippen MR) is 104 cm³/mol. The van der Waals surface area contributed by atoms with Gasteiger partial charge in [-0.15, -0.1) is 0 Å². The van der Waals surface area contributed by atoms with Crippen LogP contribution in [0.15, 0.2) is 71.4 Å². The summed E-state index contributed by atoms with van der Waals surface area (Å²) in [5, 5.41) is 23.9. The molecule has 0 saturated heterocycles. The standard InChI is InChI=1S/C20H11N3O6/c24-20-17(10-13-8-9-14(22(25)26)11-18(13)23(27)28)21-19(29-20)16-7-3-5-12-4-1-2-6-15(12)16/h1-11H/b17-10+. The van der Waals surface area contributed by atoms with Crippen molar-refractivity contribution in [3.8, 4) is 0 Å². The van der Waals surface area contributed by atoms with E-state index in [0.717, 1.165) is 22.9 Å². The van der Waals surface area contributed by atoms with Gasteiger partial charge >= 0.3 is 5.97 Å². The van der Waals surface area contributed by atoms with E-state index in [1.807, 2.05) is 30.3 Å². The highest BCUT2D eigenvalue weighted by molar-refractivity contribution is 6.17. The number of carbonyl (C=O) groups is 1. The molecule has 3 aromatic rings. The number of esters is 1. The fourth-order valence-electron chi connectivity index (χ4n) is 3.01. The minimum absolute atomic E-state index is 0.00969. The predicted octanol–water partition coefficient (Wildman–Crippen LogP) is 4.00. The van der Waals surface area contributed by atoms with Gasteiger partial charge in [-0.2, -0.15) is 0 Å². The Morgan fingerprint density at radius 2 is 1.69 bits per heavy atom. The lowest BCUT2D eigenvalue weighted by atomic mass is 10.0. The van der Waals surface area contributed by atoms with Crippen LogP contribution in [0.3, 0.4) is 0 Å². The lowest BCUT2D eigenvalue weighted by Gasteiger charge is -2.04. The second-order valence-corrected chi connectivity index (χ2v) is 6.12. The molecule has 3 aromatic carbocycles. The summed E-state index contributed by atoms with van der Waals surface area (Å²) in [5.74, 6) is -0.678. The van der Waals surface area contributed by atoms with Crippen LogP contribution in [0.2, 0.25) is 0 Å². The molecule has 0 radical (unpaired) electrons. The zero-order valence-corrected chi connectivity index (χ0v) is 14.6. The highest BCUT2D eigenvalue weighted by Gasteiger charge is 2.27. The first kappa shape index (κ1) is 18.0. The van der Waals surface area contributed by atoms with Crippen LogP contribution in [-0.2, 0) is 9.53 Å². The van der Waals surface area contributed by atoms with Crippen molar-refractivity contribution < 1.29 is 19.4 Å². The van der Waals surface area contributed by atoms with Crippen LogP contribution < -0.4 is 0 Å². The van der Waals surface area contributed by atoms with Gasteiger partial charge in [0.25, 0.3) is 11.4 Å². The first-order valence-electron chi connectivity index (χ1n) is 8.37. The minimum atomic E-state index is -0.763. The third-order valence-electron chi connectivity index (χ3n) is 4.35. The molecule has 0 aromatic heterocycles. The number of hydrogen-bond donors (Lipinski definition) is 0. The summed E-state index contributed by atoms with van der Waals surface area (Å²) < 4.78 is 5.27. The fraction of sp³-hybridized carbons (Fsp3) is 0. The molecular formula is C20H11N3O6. The van der Waals surface area contributed by atoms with Crippen LogP contribution in [0.25, 0.3) is 16.8 Å². The second kappa shape index (κ2) is 6.97. The van der Waals surface area contributed by atoms with Gasteiger partial charge in [0.1, 0.15) is 0 Å². The summed E-state index contributed by atoms with van der Waals surface area (Å²) in [7, 11) is 0. The molecule has 0 N–H and O–H groups in total. The van der Waals surface area contributed by atoms with Gasteiger partial charge in [-0.25, -0.2) is 9.79 Å². The zero-order chi connectivity index (χ0) is 20.5. The van der Waals surface area contributed by atoms with E-state index in [4.69, 9.17) is 4.74 Å². The third kappa shape index (κ3) is 3.32. The molecular weight excluding hydrogens is 378 g/mol. The first-order chi connectivity index (χ1) is 13.9. The van der Waals surface area contributed by atoms with Crippen LogP contribution >= 0.6 is 0 Å². The summed E-state index contributed by atoms with van der Waals surface area (Å²) in [6.45, 7) is 0. The largest absolute Gasteiger partial charge is 0.402 e. The summed E-state index contributed by atoms with van der Waals surface area (Å²) in [6.07, 6.45) is 1.18. The van der Waals surface area contributed by atoms with Crippen molar-refractivity contribution in [1.29, 1.82) is 0 Å². The van der Waals surface area contributed by atoms with E-state index in [1.54, 1.807) is 12.1 Å². The van der Waals surface area contributed by atoms with E-state index in [-0.39, 0.29) is 17.2 Å². The number of ether oxygens (including phenoxy) is 1. The number of non-ortho nitro benzene ring substituents is 1. The summed E-state index contributed by atoms with van der Waals surface area (Å²) >= 11 is 0. The quantitative estimate of drug-likeness (QED) is 0.287. The number of aliphatic imine (C=N–C) groups is 1. The van der Waals surface area contributed by atoms with E-state index in [0.29, 0.717) is 5.56 Å². The van der Waals surface area contributed by atoms with Crippen LogP contribution in [0, 0.1) is 20.2 Å². The lowest BCUT2D eigenvalue weighted by Crippen LogP contribution is -2.06. The van der Waals surface area contributed by atoms with Gasteiger partial charge in [-0.05, 0) is 29.0 Å². The number of nitrogens with zero attached hydrogens (tertiary/aromatic N) is 3. The lowest BCUT2D eigenvalue weighted by molar-refractivity contribution is -0.394. The molecule has 0 bridgehead atoms. The number of rotatable bonds is 4. The van der Waals surface area contributed by atoms with Crippen molar-refractivity contribution in [3.63, 3.8) is 0 Å². The SMILES string of the molecule is O=C1OC(c2cccc3ccccc23)=N/C1=C/c1ccc([N+](=O)[O-])cc1[N+](=O)[O-]. The molecule has 0 amide bonds. The second-order valence-electron chi connectivity index (χ2n) is 6.12. The molecule has 1 aliphatic rings. The highest BCUT2D eigenvalue weighted by atomic mass is 16.6. The van der Waals surface area contributed by atoms with Crippen molar-refractivity contribution in [1.82, 2.24) is 0 Å². The van der Waals surface area contributed by atoms with Gasteiger partial charge in [-0.1, -0.05) is 36.4 Å². The van der Waals surface area contributed by atoms with Gasteiger partial charge in [0, 0.05) is 11.6 Å². The Bertz CT molecular complexity index is 1260. The fourth-order valence-corrected chi connectivity index (χ4v) is 3.01. The van der Waals surface area contributed by atoms with Crippen LogP contribution in [0.5, 0.6) is 0 Å². The monoisotopic (exact) mass is 389 g/mol. The maximum Gasteiger partial charge on any atom is 0.363 e. The first-order valence-corrected chi connectivity index (χ1v) is 8.37.